The van der Waals surface area contributed by atoms with Gasteiger partial charge in [0.05, 0.1) is 12.6 Å². The molecule has 0 radical (unpaired) electrons. The number of benzene rings is 2. The molecule has 1 heterocycles. The summed E-state index contributed by atoms with van der Waals surface area (Å²) in [6.45, 7) is 5.18. The fourth-order valence-electron chi connectivity index (χ4n) is 3.63. The highest BCUT2D eigenvalue weighted by atomic mass is 19.2. The Labute approximate surface area is 189 Å². The number of ketones is 1. The van der Waals surface area contributed by atoms with E-state index in [1.54, 1.807) is 20.8 Å². The molecule has 0 spiro atoms. The highest BCUT2D eigenvalue weighted by Crippen LogP contribution is 2.26. The third-order valence-electron chi connectivity index (χ3n) is 5.31. The molecule has 1 atom stereocenters. The molecular weight excluding hydrogens is 435 g/mol. The topological polar surface area (TPSA) is 84.2 Å². The molecule has 0 saturated heterocycles. The van der Waals surface area contributed by atoms with E-state index >= 15 is 0 Å². The molecule has 2 N–H and O–H groups in total. The predicted octanol–water partition coefficient (Wildman–Crippen LogP) is 3.99. The van der Waals surface area contributed by atoms with E-state index in [1.807, 2.05) is 0 Å². The van der Waals surface area contributed by atoms with Gasteiger partial charge in [-0.3, -0.25) is 14.3 Å². The molecule has 0 aliphatic carbocycles. The fraction of sp³-hybridized carbons (Fsp3) is 0.375. The molecule has 2 aromatic carbocycles. The van der Waals surface area contributed by atoms with Gasteiger partial charge in [-0.05, 0) is 41.7 Å². The van der Waals surface area contributed by atoms with Crippen LogP contribution in [-0.4, -0.2) is 39.2 Å². The minimum absolute atomic E-state index is 0.0252. The number of rotatable bonds is 8. The van der Waals surface area contributed by atoms with Crippen molar-refractivity contribution < 1.29 is 27.9 Å². The molecule has 0 fully saturated rings. The van der Waals surface area contributed by atoms with Crippen LogP contribution in [0.1, 0.15) is 49.7 Å². The van der Waals surface area contributed by atoms with Crippen molar-refractivity contribution in [2.45, 2.75) is 46.2 Å². The summed E-state index contributed by atoms with van der Waals surface area (Å²) in [5, 5.41) is 16.0. The number of aliphatic hydroxyl groups excluding tert-OH is 1. The smallest absolute Gasteiger partial charge is 0.273 e. The van der Waals surface area contributed by atoms with Crippen LogP contribution in [0, 0.1) is 22.9 Å². The Balaban J connectivity index is 2.01. The van der Waals surface area contributed by atoms with Crippen molar-refractivity contribution in [1.29, 1.82) is 0 Å². The van der Waals surface area contributed by atoms with Crippen LogP contribution in [0.3, 0.4) is 0 Å². The standard InChI is InChI=1S/C24H26F3N3O3/c1-24(2,3)22(18(32)5-4-12-31)28-23(33)20-16-10-11-17(26)19(27)21(16)30(29-20)13-14-6-8-15(25)9-7-14/h6-11,22,31H,4-5,12-13H2,1-3H3,(H,28,33)/t22-/m1/s1. The van der Waals surface area contributed by atoms with Crippen LogP contribution < -0.4 is 5.32 Å². The number of amides is 1. The Bertz CT molecular complexity index is 1170. The van der Waals surface area contributed by atoms with Gasteiger partial charge in [0, 0.05) is 18.4 Å². The lowest BCUT2D eigenvalue weighted by Gasteiger charge is -2.30. The first-order chi connectivity index (χ1) is 15.5. The van der Waals surface area contributed by atoms with Gasteiger partial charge in [-0.2, -0.15) is 5.10 Å². The quantitative estimate of drug-likeness (QED) is 0.531. The number of aromatic nitrogens is 2. The van der Waals surface area contributed by atoms with Gasteiger partial charge < -0.3 is 10.4 Å². The Morgan fingerprint density at radius 1 is 1.09 bits per heavy atom. The summed E-state index contributed by atoms with van der Waals surface area (Å²) < 4.78 is 43.1. The van der Waals surface area contributed by atoms with E-state index < -0.39 is 34.8 Å². The maximum absolute atomic E-state index is 14.7. The van der Waals surface area contributed by atoms with Crippen molar-refractivity contribution in [2.75, 3.05) is 6.61 Å². The zero-order chi connectivity index (χ0) is 24.3. The number of carbonyl (C=O) groups is 2. The zero-order valence-electron chi connectivity index (χ0n) is 18.7. The summed E-state index contributed by atoms with van der Waals surface area (Å²) in [5.74, 6) is -3.66. The lowest BCUT2D eigenvalue weighted by atomic mass is 9.83. The number of hydrogen-bond acceptors (Lipinski definition) is 4. The van der Waals surface area contributed by atoms with Gasteiger partial charge in [0.1, 0.15) is 11.3 Å². The number of fused-ring (bicyclic) bond motifs is 1. The molecule has 0 unspecified atom stereocenters. The normalized spacial score (nSPS) is 12.7. The van der Waals surface area contributed by atoms with Crippen molar-refractivity contribution in [3.63, 3.8) is 0 Å². The van der Waals surface area contributed by atoms with E-state index in [4.69, 9.17) is 5.11 Å². The third-order valence-corrected chi connectivity index (χ3v) is 5.31. The molecule has 0 bridgehead atoms. The van der Waals surface area contributed by atoms with E-state index in [-0.39, 0.29) is 48.4 Å². The van der Waals surface area contributed by atoms with Crippen LogP contribution in [0.15, 0.2) is 36.4 Å². The number of nitrogens with zero attached hydrogens (tertiary/aromatic N) is 2. The Hall–Kier alpha value is -3.20. The summed E-state index contributed by atoms with van der Waals surface area (Å²) in [7, 11) is 0. The van der Waals surface area contributed by atoms with Crippen LogP contribution in [0.5, 0.6) is 0 Å². The molecule has 0 saturated carbocycles. The van der Waals surface area contributed by atoms with Gasteiger partial charge in [-0.15, -0.1) is 0 Å². The van der Waals surface area contributed by atoms with E-state index in [1.165, 1.54) is 30.3 Å². The van der Waals surface area contributed by atoms with Crippen molar-refractivity contribution in [1.82, 2.24) is 15.1 Å². The summed E-state index contributed by atoms with van der Waals surface area (Å²) in [6, 6.07) is 6.72. The predicted molar refractivity (Wildman–Crippen MR) is 117 cm³/mol. The largest absolute Gasteiger partial charge is 0.396 e. The molecule has 176 valence electrons. The molecule has 33 heavy (non-hydrogen) atoms. The SMILES string of the molecule is CC(C)(C)[C@H](NC(=O)c1nn(Cc2ccc(F)cc2)c2c(F)c(F)ccc12)C(=O)CCCO. The second kappa shape index (κ2) is 9.74. The zero-order valence-corrected chi connectivity index (χ0v) is 18.7. The second-order valence-electron chi connectivity index (χ2n) is 8.96. The average Bonchev–Trinajstić information content (AvgIpc) is 3.12. The van der Waals surface area contributed by atoms with Gasteiger partial charge in [0.2, 0.25) is 0 Å². The summed E-state index contributed by atoms with van der Waals surface area (Å²) >= 11 is 0. The molecule has 1 aromatic heterocycles. The summed E-state index contributed by atoms with van der Waals surface area (Å²) in [6.07, 6.45) is 0.347. The Kier molecular flexibility index (Phi) is 7.22. The first-order valence-electron chi connectivity index (χ1n) is 10.6. The number of halogens is 3. The minimum atomic E-state index is -1.16. The second-order valence-corrected chi connectivity index (χ2v) is 8.96. The third kappa shape index (κ3) is 5.42. The van der Waals surface area contributed by atoms with Crippen molar-refractivity contribution in [3.8, 4) is 0 Å². The lowest BCUT2D eigenvalue weighted by Crippen LogP contribution is -2.49. The molecular formula is C24H26F3N3O3. The lowest BCUT2D eigenvalue weighted by molar-refractivity contribution is -0.123. The van der Waals surface area contributed by atoms with Crippen LogP contribution in [0.25, 0.3) is 10.9 Å². The van der Waals surface area contributed by atoms with Crippen molar-refractivity contribution >= 4 is 22.6 Å². The Morgan fingerprint density at radius 3 is 2.36 bits per heavy atom. The van der Waals surface area contributed by atoms with Gasteiger partial charge in [0.15, 0.2) is 23.1 Å². The summed E-state index contributed by atoms with van der Waals surface area (Å²) in [5.41, 5.74) is -0.423. The maximum atomic E-state index is 14.7. The molecule has 3 aromatic rings. The number of Topliss-reactive ketones (excluding diaryl/α,β-unsaturated/α-hetero) is 1. The fourth-order valence-corrected chi connectivity index (χ4v) is 3.63. The number of nitrogens with one attached hydrogen (secondary N) is 1. The average molecular weight is 461 g/mol. The van der Waals surface area contributed by atoms with E-state index in [2.05, 4.69) is 10.4 Å². The van der Waals surface area contributed by atoms with Crippen LogP contribution in [0.4, 0.5) is 13.2 Å². The Morgan fingerprint density at radius 2 is 1.76 bits per heavy atom. The van der Waals surface area contributed by atoms with E-state index in [0.717, 1.165) is 10.7 Å². The number of aliphatic hydroxyl groups is 1. The van der Waals surface area contributed by atoms with Crippen LogP contribution >= 0.6 is 0 Å². The summed E-state index contributed by atoms with van der Waals surface area (Å²) in [4.78, 5) is 25.8. The van der Waals surface area contributed by atoms with Gasteiger partial charge >= 0.3 is 0 Å². The maximum Gasteiger partial charge on any atom is 0.273 e. The molecule has 0 aliphatic heterocycles. The van der Waals surface area contributed by atoms with Crippen molar-refractivity contribution in [3.05, 3.63) is 65.1 Å². The van der Waals surface area contributed by atoms with Crippen LogP contribution in [0.2, 0.25) is 0 Å². The first kappa shape index (κ1) is 24.4. The van der Waals surface area contributed by atoms with E-state index in [0.29, 0.717) is 5.56 Å². The highest BCUT2D eigenvalue weighted by molar-refractivity contribution is 6.06. The monoisotopic (exact) mass is 461 g/mol. The van der Waals surface area contributed by atoms with E-state index in [9.17, 15) is 22.8 Å². The van der Waals surface area contributed by atoms with Crippen molar-refractivity contribution in [2.24, 2.45) is 5.41 Å². The first-order valence-corrected chi connectivity index (χ1v) is 10.6. The minimum Gasteiger partial charge on any atom is -0.396 e. The number of carbonyl (C=O) groups excluding carboxylic acids is 2. The van der Waals surface area contributed by atoms with Gasteiger partial charge in [0.25, 0.3) is 5.91 Å². The molecule has 3 rings (SSSR count). The molecule has 6 nitrogen and oxygen atoms in total. The number of hydrogen-bond donors (Lipinski definition) is 2. The van der Waals surface area contributed by atoms with Gasteiger partial charge in [-0.1, -0.05) is 32.9 Å². The van der Waals surface area contributed by atoms with Gasteiger partial charge in [-0.25, -0.2) is 13.2 Å². The molecule has 9 heteroatoms. The molecule has 1 amide bonds. The van der Waals surface area contributed by atoms with Crippen LogP contribution in [-0.2, 0) is 11.3 Å². The molecule has 0 aliphatic rings. The highest BCUT2D eigenvalue weighted by Gasteiger charge is 2.33.